The molecule has 0 saturated carbocycles. The SMILES string of the molecule is COc1ccc(S(=O)(=O)N(C)C[C@H]2OCCCC[C@@H](C)Oc3ccc(NS(C)(=O)=O)cc3C(=O)N([C@@H](C)CO)C[C@@H]2C)cc1. The molecule has 3 rings (SSSR count). The lowest BCUT2D eigenvalue weighted by molar-refractivity contribution is -0.00833. The van der Waals surface area contributed by atoms with Crippen molar-refractivity contribution in [2.24, 2.45) is 5.92 Å². The van der Waals surface area contributed by atoms with Gasteiger partial charge in [0, 0.05) is 38.3 Å². The summed E-state index contributed by atoms with van der Waals surface area (Å²) in [6, 6.07) is 10.1. The number of hydrogen-bond donors (Lipinski definition) is 2. The van der Waals surface area contributed by atoms with E-state index in [0.717, 1.165) is 12.7 Å². The lowest BCUT2D eigenvalue weighted by atomic mass is 10.0. The number of nitrogens with zero attached hydrogens (tertiary/aromatic N) is 2. The summed E-state index contributed by atoms with van der Waals surface area (Å²) >= 11 is 0. The van der Waals surface area contributed by atoms with E-state index in [1.165, 1.54) is 47.6 Å². The molecular weight excluding hydrogens is 610 g/mol. The number of amides is 1. The van der Waals surface area contributed by atoms with E-state index in [9.17, 15) is 26.7 Å². The number of carbonyl (C=O) groups is 1. The predicted octanol–water partition coefficient (Wildman–Crippen LogP) is 3.18. The van der Waals surface area contributed by atoms with Crippen molar-refractivity contribution >= 4 is 31.6 Å². The molecule has 0 saturated heterocycles. The van der Waals surface area contributed by atoms with Crippen LogP contribution in [0, 0.1) is 5.92 Å². The van der Waals surface area contributed by atoms with Crippen LogP contribution in [0.1, 0.15) is 50.4 Å². The number of ether oxygens (including phenoxy) is 3. The van der Waals surface area contributed by atoms with Crippen molar-refractivity contribution in [1.82, 2.24) is 9.21 Å². The van der Waals surface area contributed by atoms with Crippen LogP contribution in [0.4, 0.5) is 5.69 Å². The molecule has 12 nitrogen and oxygen atoms in total. The summed E-state index contributed by atoms with van der Waals surface area (Å²) in [7, 11) is -4.47. The number of sulfonamides is 2. The predicted molar refractivity (Wildman–Crippen MR) is 168 cm³/mol. The Morgan fingerprint density at radius 1 is 1.11 bits per heavy atom. The Morgan fingerprint density at radius 2 is 1.80 bits per heavy atom. The molecule has 0 radical (unpaired) electrons. The summed E-state index contributed by atoms with van der Waals surface area (Å²) in [5.41, 5.74) is 0.347. The number of hydrogen-bond acceptors (Lipinski definition) is 9. The Balaban J connectivity index is 1.97. The summed E-state index contributed by atoms with van der Waals surface area (Å²) in [5.74, 6) is 0.0233. The highest BCUT2D eigenvalue weighted by molar-refractivity contribution is 7.92. The monoisotopic (exact) mass is 655 g/mol. The first-order valence-corrected chi connectivity index (χ1v) is 17.9. The number of carbonyl (C=O) groups excluding carboxylic acids is 1. The zero-order chi connectivity index (χ0) is 32.7. The summed E-state index contributed by atoms with van der Waals surface area (Å²) < 4.78 is 71.9. The molecule has 2 aromatic carbocycles. The van der Waals surface area contributed by atoms with Gasteiger partial charge in [-0.1, -0.05) is 6.92 Å². The van der Waals surface area contributed by atoms with E-state index in [2.05, 4.69) is 4.72 Å². The molecule has 1 aliphatic rings. The number of anilines is 1. The van der Waals surface area contributed by atoms with Gasteiger partial charge in [0.1, 0.15) is 11.5 Å². The first kappa shape index (κ1) is 35.6. The highest BCUT2D eigenvalue weighted by Gasteiger charge is 2.32. The van der Waals surface area contributed by atoms with Crippen LogP contribution < -0.4 is 14.2 Å². The molecule has 0 spiro atoms. The fourth-order valence-corrected chi connectivity index (χ4v) is 6.68. The lowest BCUT2D eigenvalue weighted by Crippen LogP contribution is -2.48. The second-order valence-corrected chi connectivity index (χ2v) is 15.1. The molecular formula is C30H45N3O9S2. The van der Waals surface area contributed by atoms with Crippen LogP contribution in [0.5, 0.6) is 11.5 Å². The molecule has 1 aliphatic heterocycles. The third-order valence-electron chi connectivity index (χ3n) is 7.56. The number of fused-ring (bicyclic) bond motifs is 1. The van der Waals surface area contributed by atoms with Gasteiger partial charge >= 0.3 is 0 Å². The summed E-state index contributed by atoms with van der Waals surface area (Å²) in [6.07, 6.45) is 2.34. The maximum atomic E-state index is 14.1. The van der Waals surface area contributed by atoms with Gasteiger partial charge in [-0.05, 0) is 75.6 Å². The highest BCUT2D eigenvalue weighted by Crippen LogP contribution is 2.29. The molecule has 0 aliphatic carbocycles. The molecule has 0 aromatic heterocycles. The first-order chi connectivity index (χ1) is 20.7. The molecule has 1 amide bonds. The van der Waals surface area contributed by atoms with Crippen LogP contribution >= 0.6 is 0 Å². The van der Waals surface area contributed by atoms with Crippen molar-refractivity contribution in [3.05, 3.63) is 48.0 Å². The molecule has 14 heteroatoms. The fraction of sp³-hybridized carbons (Fsp3) is 0.567. The van der Waals surface area contributed by atoms with Gasteiger partial charge in [-0.3, -0.25) is 9.52 Å². The van der Waals surface area contributed by atoms with Crippen molar-refractivity contribution in [2.75, 3.05) is 51.4 Å². The van der Waals surface area contributed by atoms with E-state index in [-0.39, 0.29) is 47.9 Å². The molecule has 0 bridgehead atoms. The molecule has 2 N–H and O–H groups in total. The van der Waals surface area contributed by atoms with Gasteiger partial charge in [0.2, 0.25) is 20.0 Å². The number of nitrogens with one attached hydrogen (secondary N) is 1. The van der Waals surface area contributed by atoms with Gasteiger partial charge in [0.15, 0.2) is 0 Å². The Morgan fingerprint density at radius 3 is 2.41 bits per heavy atom. The van der Waals surface area contributed by atoms with E-state index in [1.54, 1.807) is 25.1 Å². The van der Waals surface area contributed by atoms with Crippen molar-refractivity contribution in [1.29, 1.82) is 0 Å². The number of aliphatic hydroxyl groups excluding tert-OH is 1. The van der Waals surface area contributed by atoms with E-state index >= 15 is 0 Å². The smallest absolute Gasteiger partial charge is 0.258 e. The van der Waals surface area contributed by atoms with E-state index in [4.69, 9.17) is 14.2 Å². The molecule has 1 heterocycles. The minimum Gasteiger partial charge on any atom is -0.497 e. The Bertz CT molecular complexity index is 1470. The zero-order valence-electron chi connectivity index (χ0n) is 26.2. The van der Waals surface area contributed by atoms with Gasteiger partial charge in [-0.2, -0.15) is 4.31 Å². The highest BCUT2D eigenvalue weighted by atomic mass is 32.2. The van der Waals surface area contributed by atoms with Crippen LogP contribution in [0.15, 0.2) is 47.4 Å². The largest absolute Gasteiger partial charge is 0.497 e. The van der Waals surface area contributed by atoms with Crippen LogP contribution in [0.25, 0.3) is 0 Å². The van der Waals surface area contributed by atoms with Gasteiger partial charge < -0.3 is 24.2 Å². The second kappa shape index (κ2) is 15.4. The van der Waals surface area contributed by atoms with Gasteiger partial charge in [-0.25, -0.2) is 16.8 Å². The van der Waals surface area contributed by atoms with Crippen LogP contribution in [-0.4, -0.2) is 102 Å². The average Bonchev–Trinajstić information content (AvgIpc) is 2.97. The average molecular weight is 656 g/mol. The zero-order valence-corrected chi connectivity index (χ0v) is 27.9. The van der Waals surface area contributed by atoms with Crippen LogP contribution in [0.2, 0.25) is 0 Å². The first-order valence-electron chi connectivity index (χ1n) is 14.6. The number of rotatable bonds is 9. The summed E-state index contributed by atoms with van der Waals surface area (Å²) in [6.45, 7) is 5.68. The topological polar surface area (TPSA) is 152 Å². The van der Waals surface area contributed by atoms with Crippen molar-refractivity contribution in [3.8, 4) is 11.5 Å². The normalized spacial score (nSPS) is 21.6. The van der Waals surface area contributed by atoms with E-state index < -0.39 is 38.1 Å². The number of benzene rings is 2. The molecule has 0 fully saturated rings. The number of aliphatic hydroxyl groups is 1. The lowest BCUT2D eigenvalue weighted by Gasteiger charge is -2.35. The Labute approximate surface area is 261 Å². The summed E-state index contributed by atoms with van der Waals surface area (Å²) in [5, 5.41) is 10.1. The molecule has 2 aromatic rings. The number of methoxy groups -OCH3 is 1. The van der Waals surface area contributed by atoms with E-state index in [1.807, 2.05) is 13.8 Å². The maximum absolute atomic E-state index is 14.1. The molecule has 0 unspecified atom stereocenters. The van der Waals surface area contributed by atoms with E-state index in [0.29, 0.717) is 30.9 Å². The van der Waals surface area contributed by atoms with Crippen molar-refractivity contribution in [3.63, 3.8) is 0 Å². The maximum Gasteiger partial charge on any atom is 0.258 e. The third kappa shape index (κ3) is 9.54. The summed E-state index contributed by atoms with van der Waals surface area (Å²) in [4.78, 5) is 15.7. The Kier molecular flexibility index (Phi) is 12.4. The Hall–Kier alpha value is -2.91. The standard InChI is InChI=1S/C30H45N3O9S2/c1-21-18-33(22(2)20-34)30(35)27-17-24(31-43(6,36)37)10-15-28(27)42-23(3)9-7-8-16-41-29(21)19-32(4)44(38,39)26-13-11-25(40-5)12-14-26/h10-15,17,21-23,29,31,34H,7-9,16,18-20H2,1-6H3/t21-,22-,23+,29+/m0/s1. The van der Waals surface area contributed by atoms with Gasteiger partial charge in [-0.15, -0.1) is 0 Å². The van der Waals surface area contributed by atoms with Crippen molar-refractivity contribution in [2.45, 2.75) is 63.2 Å². The minimum absolute atomic E-state index is 0.0313. The molecule has 246 valence electrons. The molecule has 44 heavy (non-hydrogen) atoms. The van der Waals surface area contributed by atoms with Gasteiger partial charge in [0.25, 0.3) is 5.91 Å². The van der Waals surface area contributed by atoms with Crippen molar-refractivity contribution < 1.29 is 40.9 Å². The second-order valence-electron chi connectivity index (χ2n) is 11.3. The quantitative estimate of drug-likeness (QED) is 0.415. The minimum atomic E-state index is -3.86. The number of likely N-dealkylation sites (N-methyl/N-ethyl adjacent to an activating group) is 1. The van der Waals surface area contributed by atoms with Crippen LogP contribution in [-0.2, 0) is 24.8 Å². The third-order valence-corrected chi connectivity index (χ3v) is 10.0. The fourth-order valence-electron chi connectivity index (χ4n) is 4.94. The van der Waals surface area contributed by atoms with Crippen LogP contribution in [0.3, 0.4) is 0 Å². The molecule has 4 atom stereocenters. The van der Waals surface area contributed by atoms with Gasteiger partial charge in [0.05, 0.1) is 48.7 Å².